The van der Waals surface area contributed by atoms with E-state index in [2.05, 4.69) is 4.98 Å². The average molecular weight is 296 g/mol. The van der Waals surface area contributed by atoms with Crippen molar-refractivity contribution < 1.29 is 9.59 Å². The standard InChI is InChI=1S/C13H16N2O2S2/c1-3-18-11-5-6-12(19-4-2)15-13(11)10(14)7-9(17)8-16/h5-8H,3-4,14H2,1-2H3/b10-7-. The van der Waals surface area contributed by atoms with Crippen LogP contribution in [0.4, 0.5) is 0 Å². The molecule has 0 unspecified atom stereocenters. The van der Waals surface area contributed by atoms with Crippen molar-refractivity contribution in [1.29, 1.82) is 0 Å². The van der Waals surface area contributed by atoms with Crippen LogP contribution in [0.5, 0.6) is 0 Å². The average Bonchev–Trinajstić information content (AvgIpc) is 2.40. The Kier molecular flexibility index (Phi) is 6.66. The van der Waals surface area contributed by atoms with Gasteiger partial charge in [0, 0.05) is 11.0 Å². The van der Waals surface area contributed by atoms with Crippen LogP contribution in [0.15, 0.2) is 28.1 Å². The van der Waals surface area contributed by atoms with E-state index in [9.17, 15) is 9.59 Å². The predicted octanol–water partition coefficient (Wildman–Crippen LogP) is 2.37. The number of hydrogen-bond acceptors (Lipinski definition) is 6. The molecule has 0 aliphatic heterocycles. The Labute approximate surface area is 121 Å². The van der Waals surface area contributed by atoms with E-state index in [0.717, 1.165) is 27.5 Å². The van der Waals surface area contributed by atoms with Crippen LogP contribution >= 0.6 is 23.5 Å². The number of carbonyl (C=O) groups is 2. The molecule has 0 saturated heterocycles. The normalized spacial score (nSPS) is 11.4. The Morgan fingerprint density at radius 1 is 1.32 bits per heavy atom. The number of allylic oxidation sites excluding steroid dienone is 1. The summed E-state index contributed by atoms with van der Waals surface area (Å²) < 4.78 is 0. The second kappa shape index (κ2) is 8.01. The fourth-order valence-electron chi connectivity index (χ4n) is 1.39. The van der Waals surface area contributed by atoms with Gasteiger partial charge < -0.3 is 5.73 Å². The maximum Gasteiger partial charge on any atom is 0.220 e. The van der Waals surface area contributed by atoms with E-state index in [0.29, 0.717) is 5.69 Å². The van der Waals surface area contributed by atoms with Crippen LogP contribution in [0.1, 0.15) is 19.5 Å². The number of aromatic nitrogens is 1. The molecule has 4 nitrogen and oxygen atoms in total. The highest BCUT2D eigenvalue weighted by molar-refractivity contribution is 7.99. The summed E-state index contributed by atoms with van der Waals surface area (Å²) in [4.78, 5) is 26.8. The Bertz CT molecular complexity index is 501. The van der Waals surface area contributed by atoms with Crippen molar-refractivity contribution in [2.45, 2.75) is 23.8 Å². The molecule has 102 valence electrons. The molecule has 2 N–H and O–H groups in total. The fraction of sp³-hybridized carbons (Fsp3) is 0.308. The summed E-state index contributed by atoms with van der Waals surface area (Å²) in [5.74, 6) is 1.13. The summed E-state index contributed by atoms with van der Waals surface area (Å²) in [5, 5.41) is 0.854. The van der Waals surface area contributed by atoms with Gasteiger partial charge in [0.15, 0.2) is 6.29 Å². The van der Waals surface area contributed by atoms with E-state index in [1.54, 1.807) is 23.5 Å². The van der Waals surface area contributed by atoms with Gasteiger partial charge in [-0.05, 0) is 23.6 Å². The molecule has 0 spiro atoms. The van der Waals surface area contributed by atoms with Gasteiger partial charge in [-0.1, -0.05) is 13.8 Å². The molecule has 0 atom stereocenters. The van der Waals surface area contributed by atoms with Gasteiger partial charge in [0.1, 0.15) is 5.69 Å². The quantitative estimate of drug-likeness (QED) is 0.360. The van der Waals surface area contributed by atoms with Gasteiger partial charge in [0.2, 0.25) is 5.78 Å². The number of rotatable bonds is 7. The van der Waals surface area contributed by atoms with Crippen LogP contribution in [0, 0.1) is 0 Å². The van der Waals surface area contributed by atoms with Gasteiger partial charge in [0.25, 0.3) is 0 Å². The van der Waals surface area contributed by atoms with Crippen LogP contribution in [-0.2, 0) is 9.59 Å². The second-order valence-corrected chi connectivity index (χ2v) is 6.07. The van der Waals surface area contributed by atoms with Crippen molar-refractivity contribution >= 4 is 41.3 Å². The number of ketones is 1. The van der Waals surface area contributed by atoms with Crippen LogP contribution in [-0.4, -0.2) is 28.6 Å². The maximum atomic E-state index is 11.1. The van der Waals surface area contributed by atoms with Crippen molar-refractivity contribution in [1.82, 2.24) is 4.98 Å². The Hall–Kier alpha value is -1.27. The number of aldehydes is 1. The van der Waals surface area contributed by atoms with Crippen molar-refractivity contribution in [3.63, 3.8) is 0 Å². The second-order valence-electron chi connectivity index (χ2n) is 3.48. The highest BCUT2D eigenvalue weighted by Gasteiger charge is 2.10. The van der Waals surface area contributed by atoms with Crippen molar-refractivity contribution in [3.8, 4) is 0 Å². The molecule has 0 aliphatic rings. The van der Waals surface area contributed by atoms with Gasteiger partial charge in [-0.15, -0.1) is 23.5 Å². The molecule has 0 aliphatic carbocycles. The monoisotopic (exact) mass is 296 g/mol. The molecule has 0 amide bonds. The molecule has 0 saturated carbocycles. The third-order valence-electron chi connectivity index (χ3n) is 2.11. The Balaban J connectivity index is 3.19. The zero-order valence-electron chi connectivity index (χ0n) is 10.9. The van der Waals surface area contributed by atoms with Crippen molar-refractivity contribution in [2.75, 3.05) is 11.5 Å². The van der Waals surface area contributed by atoms with Crippen LogP contribution in [0.2, 0.25) is 0 Å². The molecular weight excluding hydrogens is 280 g/mol. The van der Waals surface area contributed by atoms with Crippen LogP contribution in [0.25, 0.3) is 5.70 Å². The molecule has 19 heavy (non-hydrogen) atoms. The molecule has 1 aromatic heterocycles. The SMILES string of the molecule is CCSc1ccc(SCC)c(/C(N)=C/C(=O)C=O)n1. The molecule has 0 radical (unpaired) electrons. The van der Waals surface area contributed by atoms with Crippen molar-refractivity contribution in [2.24, 2.45) is 5.73 Å². The fourth-order valence-corrected chi connectivity index (χ4v) is 2.78. The Morgan fingerprint density at radius 2 is 2.00 bits per heavy atom. The molecular formula is C13H16N2O2S2. The Morgan fingerprint density at radius 3 is 2.58 bits per heavy atom. The lowest BCUT2D eigenvalue weighted by molar-refractivity contribution is -0.126. The minimum absolute atomic E-state index is 0.228. The lowest BCUT2D eigenvalue weighted by Crippen LogP contribution is -2.06. The van der Waals surface area contributed by atoms with Gasteiger partial charge in [-0.3, -0.25) is 9.59 Å². The van der Waals surface area contributed by atoms with E-state index in [1.807, 2.05) is 26.0 Å². The summed E-state index contributed by atoms with van der Waals surface area (Å²) in [6, 6.07) is 3.88. The van der Waals surface area contributed by atoms with Gasteiger partial charge in [-0.25, -0.2) is 4.98 Å². The smallest absolute Gasteiger partial charge is 0.220 e. The maximum absolute atomic E-state index is 11.1. The molecule has 6 heteroatoms. The molecule has 0 fully saturated rings. The number of nitrogens with two attached hydrogens (primary N) is 1. The van der Waals surface area contributed by atoms with E-state index in [1.165, 1.54) is 0 Å². The summed E-state index contributed by atoms with van der Waals surface area (Å²) in [7, 11) is 0. The molecule has 1 rings (SSSR count). The van der Waals surface area contributed by atoms with Crippen LogP contribution < -0.4 is 5.73 Å². The molecule has 0 bridgehead atoms. The summed E-state index contributed by atoms with van der Waals surface area (Å²) in [6.45, 7) is 4.06. The number of hydrogen-bond donors (Lipinski definition) is 1. The predicted molar refractivity (Wildman–Crippen MR) is 80.3 cm³/mol. The first-order chi connectivity index (χ1) is 9.12. The number of thioether (sulfide) groups is 2. The summed E-state index contributed by atoms with van der Waals surface area (Å²) in [5.41, 5.74) is 6.66. The highest BCUT2D eigenvalue weighted by atomic mass is 32.2. The van der Waals surface area contributed by atoms with Crippen LogP contribution in [0.3, 0.4) is 0 Å². The first-order valence-corrected chi connectivity index (χ1v) is 7.82. The van der Waals surface area contributed by atoms with E-state index in [-0.39, 0.29) is 12.0 Å². The summed E-state index contributed by atoms with van der Waals surface area (Å²) in [6.07, 6.45) is 1.36. The molecule has 1 aromatic rings. The van der Waals surface area contributed by atoms with Gasteiger partial charge in [0.05, 0.1) is 10.7 Å². The van der Waals surface area contributed by atoms with Crippen molar-refractivity contribution in [3.05, 3.63) is 23.9 Å². The topological polar surface area (TPSA) is 73.1 Å². The minimum Gasteiger partial charge on any atom is -0.397 e. The van der Waals surface area contributed by atoms with Gasteiger partial charge >= 0.3 is 0 Å². The number of carbonyl (C=O) groups excluding carboxylic acids is 2. The molecule has 1 heterocycles. The van der Waals surface area contributed by atoms with E-state index in [4.69, 9.17) is 5.73 Å². The minimum atomic E-state index is -0.653. The third kappa shape index (κ3) is 4.72. The number of pyridine rings is 1. The first-order valence-electron chi connectivity index (χ1n) is 5.85. The third-order valence-corrected chi connectivity index (χ3v) is 3.85. The zero-order valence-corrected chi connectivity index (χ0v) is 12.5. The zero-order chi connectivity index (χ0) is 14.3. The largest absolute Gasteiger partial charge is 0.397 e. The van der Waals surface area contributed by atoms with E-state index < -0.39 is 5.78 Å². The summed E-state index contributed by atoms with van der Waals surface area (Å²) >= 11 is 3.20. The van der Waals surface area contributed by atoms with Gasteiger partial charge in [-0.2, -0.15) is 0 Å². The lowest BCUT2D eigenvalue weighted by atomic mass is 10.2. The highest BCUT2D eigenvalue weighted by Crippen LogP contribution is 2.27. The molecule has 0 aromatic carbocycles. The number of nitrogens with zero attached hydrogens (tertiary/aromatic N) is 1. The first kappa shape index (κ1) is 15.8. The van der Waals surface area contributed by atoms with E-state index >= 15 is 0 Å². The lowest BCUT2D eigenvalue weighted by Gasteiger charge is -2.09.